The molecular formula is C22H32N4O6S. The summed E-state index contributed by atoms with van der Waals surface area (Å²) < 4.78 is 0. The van der Waals surface area contributed by atoms with E-state index in [9.17, 15) is 29.4 Å². The van der Waals surface area contributed by atoms with E-state index in [0.29, 0.717) is 24.2 Å². The van der Waals surface area contributed by atoms with Gasteiger partial charge in [0.15, 0.2) is 0 Å². The molecule has 6 N–H and O–H groups in total. The molecule has 0 spiro atoms. The molecule has 0 radical (unpaired) electrons. The van der Waals surface area contributed by atoms with Gasteiger partial charge in [0.05, 0.1) is 6.04 Å². The first-order chi connectivity index (χ1) is 15.7. The average Bonchev–Trinajstić information content (AvgIpc) is 3.32. The van der Waals surface area contributed by atoms with Gasteiger partial charge in [-0.3, -0.25) is 14.4 Å². The monoisotopic (exact) mass is 480 g/mol. The van der Waals surface area contributed by atoms with E-state index < -0.39 is 35.9 Å². The van der Waals surface area contributed by atoms with E-state index >= 15 is 0 Å². The van der Waals surface area contributed by atoms with E-state index in [2.05, 4.69) is 21.3 Å². The van der Waals surface area contributed by atoms with Crippen molar-refractivity contribution in [1.82, 2.24) is 21.3 Å². The minimum Gasteiger partial charge on any atom is -0.508 e. The topological polar surface area (TPSA) is 157 Å². The molecule has 10 nitrogen and oxygen atoms in total. The molecule has 1 aromatic rings. The van der Waals surface area contributed by atoms with Crippen LogP contribution in [0.25, 0.3) is 0 Å². The lowest BCUT2D eigenvalue weighted by molar-refractivity contribution is -0.142. The number of aromatic hydroxyl groups is 1. The Morgan fingerprint density at radius 2 is 1.76 bits per heavy atom. The maximum Gasteiger partial charge on any atom is 0.326 e. The van der Waals surface area contributed by atoms with Crippen LogP contribution in [0.1, 0.15) is 31.7 Å². The molecule has 1 saturated heterocycles. The fourth-order valence-corrected chi connectivity index (χ4v) is 3.90. The van der Waals surface area contributed by atoms with Gasteiger partial charge in [0.1, 0.15) is 23.9 Å². The van der Waals surface area contributed by atoms with Crippen LogP contribution < -0.4 is 21.3 Å². The Morgan fingerprint density at radius 3 is 2.33 bits per heavy atom. The third-order valence-electron chi connectivity index (χ3n) is 5.36. The number of phenolic OH excluding ortho intramolecular Hbond substituents is 1. The Bertz CT molecular complexity index is 829. The number of phenols is 1. The summed E-state index contributed by atoms with van der Waals surface area (Å²) >= 11 is 1.49. The molecule has 1 aromatic carbocycles. The van der Waals surface area contributed by atoms with Crippen molar-refractivity contribution in [3.05, 3.63) is 29.8 Å². The van der Waals surface area contributed by atoms with E-state index in [0.717, 1.165) is 13.0 Å². The van der Waals surface area contributed by atoms with Gasteiger partial charge in [0.2, 0.25) is 17.7 Å². The van der Waals surface area contributed by atoms with Crippen LogP contribution in [0.4, 0.5) is 0 Å². The lowest BCUT2D eigenvalue weighted by Gasteiger charge is -2.23. The van der Waals surface area contributed by atoms with E-state index in [1.807, 2.05) is 6.26 Å². The Morgan fingerprint density at radius 1 is 1.09 bits per heavy atom. The third-order valence-corrected chi connectivity index (χ3v) is 6.01. The molecular weight excluding hydrogens is 448 g/mol. The summed E-state index contributed by atoms with van der Waals surface area (Å²) in [6.07, 6.45) is 3.78. The summed E-state index contributed by atoms with van der Waals surface area (Å²) in [7, 11) is 0. The Labute approximate surface area is 197 Å². The first-order valence-corrected chi connectivity index (χ1v) is 12.2. The largest absolute Gasteiger partial charge is 0.508 e. The van der Waals surface area contributed by atoms with E-state index in [4.69, 9.17) is 0 Å². The van der Waals surface area contributed by atoms with E-state index in [-0.39, 0.29) is 24.1 Å². The molecule has 4 atom stereocenters. The van der Waals surface area contributed by atoms with Gasteiger partial charge in [-0.15, -0.1) is 0 Å². The Balaban J connectivity index is 1.99. The molecule has 1 aliphatic rings. The second-order valence-electron chi connectivity index (χ2n) is 7.99. The van der Waals surface area contributed by atoms with Crippen molar-refractivity contribution >= 4 is 35.5 Å². The number of hydrogen-bond acceptors (Lipinski definition) is 7. The Kier molecular flexibility index (Phi) is 10.5. The average molecular weight is 481 g/mol. The summed E-state index contributed by atoms with van der Waals surface area (Å²) in [6.45, 7) is 2.29. The summed E-state index contributed by atoms with van der Waals surface area (Å²) in [5, 5.41) is 29.8. The highest BCUT2D eigenvalue weighted by molar-refractivity contribution is 7.98. The summed E-state index contributed by atoms with van der Waals surface area (Å²) in [4.78, 5) is 49.5. The number of amides is 3. The molecule has 0 aliphatic carbocycles. The van der Waals surface area contributed by atoms with Crippen LogP contribution >= 0.6 is 11.8 Å². The number of rotatable bonds is 12. The number of hydrogen-bond donors (Lipinski definition) is 6. The van der Waals surface area contributed by atoms with Gasteiger partial charge < -0.3 is 31.5 Å². The fraction of sp³-hybridized carbons (Fsp3) is 0.545. The Hall–Kier alpha value is -2.79. The maximum absolute atomic E-state index is 12.9. The lowest BCUT2D eigenvalue weighted by atomic mass is 10.0. The van der Waals surface area contributed by atoms with Gasteiger partial charge in [-0.25, -0.2) is 4.79 Å². The predicted molar refractivity (Wildman–Crippen MR) is 125 cm³/mol. The highest BCUT2D eigenvalue weighted by atomic mass is 32.2. The van der Waals surface area contributed by atoms with E-state index in [1.165, 1.54) is 30.8 Å². The fourth-order valence-electron chi connectivity index (χ4n) is 3.43. The van der Waals surface area contributed by atoms with Gasteiger partial charge in [-0.1, -0.05) is 12.1 Å². The second kappa shape index (κ2) is 13.0. The zero-order chi connectivity index (χ0) is 24.4. The zero-order valence-electron chi connectivity index (χ0n) is 18.8. The number of benzene rings is 1. The van der Waals surface area contributed by atoms with Gasteiger partial charge in [0, 0.05) is 6.42 Å². The number of carbonyl (C=O) groups is 4. The van der Waals surface area contributed by atoms with Crippen LogP contribution in [0.5, 0.6) is 5.75 Å². The van der Waals surface area contributed by atoms with Crippen LogP contribution in [-0.2, 0) is 25.6 Å². The summed E-state index contributed by atoms with van der Waals surface area (Å²) in [5.74, 6) is -1.98. The third kappa shape index (κ3) is 8.58. The van der Waals surface area contributed by atoms with Crippen molar-refractivity contribution in [2.45, 2.75) is 56.8 Å². The summed E-state index contributed by atoms with van der Waals surface area (Å²) in [5.41, 5.74) is 0.627. The number of carbonyl (C=O) groups excluding carboxylic acids is 3. The number of carboxylic acid groups (broad SMARTS) is 1. The van der Waals surface area contributed by atoms with Gasteiger partial charge in [-0.05, 0) is 62.4 Å². The number of nitrogens with one attached hydrogen (secondary N) is 4. The minimum absolute atomic E-state index is 0.0192. The van der Waals surface area contributed by atoms with Crippen LogP contribution in [0.3, 0.4) is 0 Å². The molecule has 4 unspecified atom stereocenters. The molecule has 1 aliphatic heterocycles. The molecule has 11 heteroatoms. The number of aliphatic carboxylic acids is 1. The second-order valence-corrected chi connectivity index (χ2v) is 8.98. The molecule has 0 aromatic heterocycles. The smallest absolute Gasteiger partial charge is 0.326 e. The van der Waals surface area contributed by atoms with Gasteiger partial charge >= 0.3 is 5.97 Å². The normalized spacial score (nSPS) is 18.1. The van der Waals surface area contributed by atoms with Crippen molar-refractivity contribution in [3.8, 4) is 5.75 Å². The molecule has 182 valence electrons. The molecule has 2 rings (SSSR count). The highest BCUT2D eigenvalue weighted by Crippen LogP contribution is 2.12. The van der Waals surface area contributed by atoms with Crippen molar-refractivity contribution in [2.24, 2.45) is 0 Å². The number of carboxylic acids is 1. The van der Waals surface area contributed by atoms with Gasteiger partial charge in [-0.2, -0.15) is 11.8 Å². The van der Waals surface area contributed by atoms with Crippen LogP contribution in [-0.4, -0.2) is 76.6 Å². The quantitative estimate of drug-likeness (QED) is 0.244. The van der Waals surface area contributed by atoms with Crippen LogP contribution in [0.2, 0.25) is 0 Å². The molecule has 1 fully saturated rings. The standard InChI is InChI=1S/C22H32N4O6S/c1-13(24-20(29)16-4-3-10-23-16)19(28)25-17(9-11-33-2)21(30)26-18(22(31)32)12-14-5-7-15(27)8-6-14/h5-8,13,16-18,23,27H,3-4,9-12H2,1-2H3,(H,24,29)(H,25,28)(H,26,30)(H,31,32). The van der Waals surface area contributed by atoms with Crippen molar-refractivity contribution < 1.29 is 29.4 Å². The maximum atomic E-state index is 12.9. The van der Waals surface area contributed by atoms with Crippen LogP contribution in [0.15, 0.2) is 24.3 Å². The van der Waals surface area contributed by atoms with Crippen LogP contribution in [0, 0.1) is 0 Å². The molecule has 33 heavy (non-hydrogen) atoms. The number of thioether (sulfide) groups is 1. The summed E-state index contributed by atoms with van der Waals surface area (Å²) in [6, 6.07) is 2.70. The predicted octanol–water partition coefficient (Wildman–Crippen LogP) is -0.00130. The van der Waals surface area contributed by atoms with Crippen molar-refractivity contribution in [2.75, 3.05) is 18.6 Å². The van der Waals surface area contributed by atoms with Crippen molar-refractivity contribution in [1.29, 1.82) is 0 Å². The van der Waals surface area contributed by atoms with Gasteiger partial charge in [0.25, 0.3) is 0 Å². The lowest BCUT2D eigenvalue weighted by Crippen LogP contribution is -2.56. The molecule has 1 heterocycles. The van der Waals surface area contributed by atoms with Crippen molar-refractivity contribution in [3.63, 3.8) is 0 Å². The zero-order valence-corrected chi connectivity index (χ0v) is 19.6. The SMILES string of the molecule is CSCCC(NC(=O)C(C)NC(=O)C1CCCN1)C(=O)NC(Cc1ccc(O)cc1)C(=O)O. The first-order valence-electron chi connectivity index (χ1n) is 10.9. The first kappa shape index (κ1) is 26.5. The minimum atomic E-state index is -1.21. The molecule has 0 bridgehead atoms. The molecule has 3 amide bonds. The highest BCUT2D eigenvalue weighted by Gasteiger charge is 2.29. The van der Waals surface area contributed by atoms with E-state index in [1.54, 1.807) is 12.1 Å². The molecule has 0 saturated carbocycles.